The maximum atomic E-state index is 14.3. The molecule has 1 aromatic carbocycles. The van der Waals surface area contributed by atoms with Gasteiger partial charge in [0, 0.05) is 18.1 Å². The zero-order valence-corrected chi connectivity index (χ0v) is 15.1. The highest BCUT2D eigenvalue weighted by molar-refractivity contribution is 5.93. The van der Waals surface area contributed by atoms with E-state index in [2.05, 4.69) is 0 Å². The molecule has 1 heterocycles. The Balaban J connectivity index is 1.85. The molecular weight excluding hydrogens is 361 g/mol. The lowest BCUT2D eigenvalue weighted by molar-refractivity contribution is -0.123. The van der Waals surface area contributed by atoms with Gasteiger partial charge in [-0.2, -0.15) is 8.78 Å². The Hall–Kier alpha value is -2.28. The number of methoxy groups -OCH3 is 1. The zero-order valence-electron chi connectivity index (χ0n) is 15.1. The smallest absolute Gasteiger partial charge is 0.266 e. The molecule has 0 N–H and O–H groups in total. The topological polar surface area (TPSA) is 44.8 Å². The van der Waals surface area contributed by atoms with Crippen molar-refractivity contribution in [3.8, 4) is 5.75 Å². The molecule has 0 unspecified atom stereocenters. The number of hydrogen-bond donors (Lipinski definition) is 0. The van der Waals surface area contributed by atoms with Crippen molar-refractivity contribution in [2.24, 2.45) is 11.8 Å². The van der Waals surface area contributed by atoms with E-state index in [1.54, 1.807) is 12.1 Å². The third-order valence-electron chi connectivity index (χ3n) is 5.31. The molecule has 3 rings (SSSR count). The summed E-state index contributed by atoms with van der Waals surface area (Å²) in [5.41, 5.74) is -0.443. The number of allylic oxidation sites excluding steroid dienone is 2. The van der Waals surface area contributed by atoms with E-state index in [0.717, 1.165) is 6.08 Å². The Morgan fingerprint density at radius 1 is 1.44 bits per heavy atom. The standard InChI is InChI=1S/C20H21F3O4/c1-12(7-13-3-5-15(25-2)8-16(13)21)20-10-14(4-6-19(22)23)17(24)9-18(20)26-11-27-20/h3,5-6,8-9,12,14H,4,7,10-11H2,1-2H3/t12-,14-,20+/m0/s1. The van der Waals surface area contributed by atoms with Crippen LogP contribution in [0.3, 0.4) is 0 Å². The number of rotatable bonds is 6. The highest BCUT2D eigenvalue weighted by atomic mass is 19.3. The van der Waals surface area contributed by atoms with Crippen LogP contribution in [0.15, 0.2) is 42.2 Å². The van der Waals surface area contributed by atoms with Gasteiger partial charge in [-0.1, -0.05) is 13.0 Å². The summed E-state index contributed by atoms with van der Waals surface area (Å²) in [5.74, 6) is -0.690. The molecule has 0 spiro atoms. The van der Waals surface area contributed by atoms with Crippen molar-refractivity contribution >= 4 is 5.78 Å². The molecular formula is C20H21F3O4. The van der Waals surface area contributed by atoms with Crippen LogP contribution in [-0.4, -0.2) is 25.3 Å². The predicted molar refractivity (Wildman–Crippen MR) is 91.7 cm³/mol. The summed E-state index contributed by atoms with van der Waals surface area (Å²) in [6.07, 6.45) is 0.763. The summed E-state index contributed by atoms with van der Waals surface area (Å²) in [6, 6.07) is 4.63. The van der Waals surface area contributed by atoms with Crippen molar-refractivity contribution in [2.75, 3.05) is 13.9 Å². The minimum atomic E-state index is -1.82. The second-order valence-electron chi connectivity index (χ2n) is 6.90. The van der Waals surface area contributed by atoms with E-state index in [1.807, 2.05) is 6.92 Å². The molecule has 3 atom stereocenters. The number of ether oxygens (including phenoxy) is 3. The van der Waals surface area contributed by atoms with E-state index in [0.29, 0.717) is 23.5 Å². The first-order valence-electron chi connectivity index (χ1n) is 8.72. The molecule has 146 valence electrons. The van der Waals surface area contributed by atoms with Crippen LogP contribution >= 0.6 is 0 Å². The van der Waals surface area contributed by atoms with Gasteiger partial charge in [0.1, 0.15) is 22.9 Å². The highest BCUT2D eigenvalue weighted by Crippen LogP contribution is 2.46. The Morgan fingerprint density at radius 3 is 2.89 bits per heavy atom. The molecule has 0 saturated carbocycles. The number of hydrogen-bond acceptors (Lipinski definition) is 4. The van der Waals surface area contributed by atoms with Gasteiger partial charge in [0.25, 0.3) is 6.08 Å². The van der Waals surface area contributed by atoms with E-state index in [9.17, 15) is 18.0 Å². The highest BCUT2D eigenvalue weighted by Gasteiger charge is 2.51. The van der Waals surface area contributed by atoms with E-state index < -0.39 is 23.4 Å². The van der Waals surface area contributed by atoms with Gasteiger partial charge in [-0.3, -0.25) is 4.79 Å². The van der Waals surface area contributed by atoms with Gasteiger partial charge in [0.05, 0.1) is 7.11 Å². The molecule has 1 aliphatic heterocycles. The Morgan fingerprint density at radius 2 is 2.22 bits per heavy atom. The number of fused-ring (bicyclic) bond motifs is 1. The van der Waals surface area contributed by atoms with Gasteiger partial charge >= 0.3 is 0 Å². The summed E-state index contributed by atoms with van der Waals surface area (Å²) in [5, 5.41) is 0. The van der Waals surface area contributed by atoms with Crippen LogP contribution in [0.4, 0.5) is 13.2 Å². The molecule has 4 nitrogen and oxygen atoms in total. The lowest BCUT2D eigenvalue weighted by atomic mass is 9.71. The van der Waals surface area contributed by atoms with Gasteiger partial charge in [-0.05, 0) is 42.9 Å². The minimum absolute atomic E-state index is 0.0193. The Kier molecular flexibility index (Phi) is 5.60. The number of benzene rings is 1. The molecule has 0 aromatic heterocycles. The fourth-order valence-corrected chi connectivity index (χ4v) is 3.76. The van der Waals surface area contributed by atoms with Gasteiger partial charge in [0.2, 0.25) is 0 Å². The fourth-order valence-electron chi connectivity index (χ4n) is 3.76. The van der Waals surface area contributed by atoms with E-state index in [-0.39, 0.29) is 31.3 Å². The lowest BCUT2D eigenvalue weighted by Gasteiger charge is -2.38. The van der Waals surface area contributed by atoms with Gasteiger partial charge in [-0.25, -0.2) is 4.39 Å². The molecule has 0 radical (unpaired) electrons. The van der Waals surface area contributed by atoms with Crippen molar-refractivity contribution in [1.29, 1.82) is 0 Å². The monoisotopic (exact) mass is 382 g/mol. The molecule has 7 heteroatoms. The normalized spacial score (nSPS) is 25.3. The van der Waals surface area contributed by atoms with Crippen LogP contribution in [0.5, 0.6) is 5.75 Å². The quantitative estimate of drug-likeness (QED) is 0.732. The molecule has 1 saturated heterocycles. The summed E-state index contributed by atoms with van der Waals surface area (Å²) in [4.78, 5) is 12.2. The molecule has 0 bridgehead atoms. The summed E-state index contributed by atoms with van der Waals surface area (Å²) >= 11 is 0. The summed E-state index contributed by atoms with van der Waals surface area (Å²) in [6.45, 7) is 1.86. The maximum absolute atomic E-state index is 14.3. The summed E-state index contributed by atoms with van der Waals surface area (Å²) in [7, 11) is 1.46. The van der Waals surface area contributed by atoms with Gasteiger partial charge in [0.15, 0.2) is 12.6 Å². The van der Waals surface area contributed by atoms with Crippen molar-refractivity contribution in [1.82, 2.24) is 0 Å². The average molecular weight is 382 g/mol. The van der Waals surface area contributed by atoms with Crippen molar-refractivity contribution in [3.05, 3.63) is 53.6 Å². The predicted octanol–water partition coefficient (Wildman–Crippen LogP) is 4.40. The van der Waals surface area contributed by atoms with E-state index in [1.165, 1.54) is 19.3 Å². The first kappa shape index (κ1) is 19.5. The summed E-state index contributed by atoms with van der Waals surface area (Å²) < 4.78 is 55.6. The van der Waals surface area contributed by atoms with Crippen LogP contribution in [0.2, 0.25) is 0 Å². The average Bonchev–Trinajstić information content (AvgIpc) is 3.05. The first-order chi connectivity index (χ1) is 12.9. The van der Waals surface area contributed by atoms with Crippen LogP contribution < -0.4 is 4.74 Å². The third kappa shape index (κ3) is 3.88. The van der Waals surface area contributed by atoms with Crippen molar-refractivity contribution < 1.29 is 32.2 Å². The third-order valence-corrected chi connectivity index (χ3v) is 5.31. The number of halogens is 3. The Labute approximate surface area is 155 Å². The molecule has 1 aromatic rings. The van der Waals surface area contributed by atoms with E-state index in [4.69, 9.17) is 14.2 Å². The second-order valence-corrected chi connectivity index (χ2v) is 6.90. The molecule has 1 fully saturated rings. The van der Waals surface area contributed by atoms with Crippen LogP contribution in [0.1, 0.15) is 25.3 Å². The minimum Gasteiger partial charge on any atom is -0.497 e. The molecule has 1 aliphatic carbocycles. The Bertz CT molecular complexity index is 785. The van der Waals surface area contributed by atoms with Crippen molar-refractivity contribution in [3.63, 3.8) is 0 Å². The SMILES string of the molecule is COc1ccc(C[C@H](C)[C@]23C[C@H](CC=C(F)F)C(=O)C=C2OCO3)c(F)c1. The van der Waals surface area contributed by atoms with Crippen molar-refractivity contribution in [2.45, 2.75) is 31.8 Å². The maximum Gasteiger partial charge on any atom is 0.266 e. The first-order valence-corrected chi connectivity index (χ1v) is 8.72. The van der Waals surface area contributed by atoms with Crippen LogP contribution in [-0.2, 0) is 20.7 Å². The fraction of sp³-hybridized carbons (Fsp3) is 0.450. The number of ketones is 1. The van der Waals surface area contributed by atoms with Crippen LogP contribution in [0.25, 0.3) is 0 Å². The number of carbonyl (C=O) groups excluding carboxylic acids is 1. The number of carbonyl (C=O) groups is 1. The zero-order chi connectivity index (χ0) is 19.6. The van der Waals surface area contributed by atoms with Crippen LogP contribution in [0, 0.1) is 17.7 Å². The van der Waals surface area contributed by atoms with Gasteiger partial charge in [-0.15, -0.1) is 0 Å². The molecule has 0 amide bonds. The van der Waals surface area contributed by atoms with E-state index >= 15 is 0 Å². The second kappa shape index (κ2) is 7.76. The lowest BCUT2D eigenvalue weighted by Crippen LogP contribution is -2.45. The largest absolute Gasteiger partial charge is 0.497 e. The molecule has 2 aliphatic rings. The molecule has 27 heavy (non-hydrogen) atoms. The van der Waals surface area contributed by atoms with Gasteiger partial charge < -0.3 is 14.2 Å².